The zero-order chi connectivity index (χ0) is 11.9. The number of hydrogen-bond acceptors (Lipinski definition) is 2. The highest BCUT2D eigenvalue weighted by molar-refractivity contribution is 5.96. The number of benzene rings is 1. The van der Waals surface area contributed by atoms with E-state index in [2.05, 4.69) is 19.2 Å². The third-order valence-electron chi connectivity index (χ3n) is 3.37. The van der Waals surface area contributed by atoms with Gasteiger partial charge in [0.2, 0.25) is 0 Å². The molecular weight excluding hydrogens is 202 g/mol. The molecule has 0 radical (unpaired) electrons. The van der Waals surface area contributed by atoms with Gasteiger partial charge in [-0.15, -0.1) is 0 Å². The minimum Gasteiger partial charge on any atom is -0.508 e. The molecule has 16 heavy (non-hydrogen) atoms. The molecule has 3 nitrogen and oxygen atoms in total. The largest absolute Gasteiger partial charge is 0.508 e. The average molecular weight is 219 g/mol. The Kier molecular flexibility index (Phi) is 2.41. The maximum Gasteiger partial charge on any atom is 0.251 e. The quantitative estimate of drug-likeness (QED) is 0.801. The third-order valence-corrected chi connectivity index (χ3v) is 3.37. The van der Waals surface area contributed by atoms with Crippen molar-refractivity contribution in [3.05, 3.63) is 29.3 Å². The molecule has 3 heteroatoms. The van der Waals surface area contributed by atoms with Crippen molar-refractivity contribution >= 4 is 5.91 Å². The van der Waals surface area contributed by atoms with Gasteiger partial charge in [-0.25, -0.2) is 0 Å². The summed E-state index contributed by atoms with van der Waals surface area (Å²) in [7, 11) is 0. The maximum atomic E-state index is 11.9. The van der Waals surface area contributed by atoms with E-state index in [0.29, 0.717) is 11.1 Å². The summed E-state index contributed by atoms with van der Waals surface area (Å²) in [5.41, 5.74) is 1.42. The van der Waals surface area contributed by atoms with Crippen molar-refractivity contribution in [2.75, 3.05) is 0 Å². The van der Waals surface area contributed by atoms with E-state index in [-0.39, 0.29) is 23.1 Å². The van der Waals surface area contributed by atoms with Gasteiger partial charge in [-0.05, 0) is 30.9 Å². The summed E-state index contributed by atoms with van der Waals surface area (Å²) in [4.78, 5) is 11.9. The van der Waals surface area contributed by atoms with Gasteiger partial charge < -0.3 is 10.4 Å². The van der Waals surface area contributed by atoms with Crippen LogP contribution < -0.4 is 5.32 Å². The summed E-state index contributed by atoms with van der Waals surface area (Å²) in [6.07, 6.45) is 1.02. The zero-order valence-electron chi connectivity index (χ0n) is 9.87. The molecule has 0 saturated heterocycles. The Morgan fingerprint density at radius 1 is 1.50 bits per heavy atom. The molecule has 1 amide bonds. The van der Waals surface area contributed by atoms with Crippen molar-refractivity contribution in [3.8, 4) is 5.75 Å². The van der Waals surface area contributed by atoms with Crippen molar-refractivity contribution in [3.63, 3.8) is 0 Å². The maximum absolute atomic E-state index is 11.9. The Morgan fingerprint density at radius 3 is 2.69 bits per heavy atom. The summed E-state index contributed by atoms with van der Waals surface area (Å²) >= 11 is 0. The van der Waals surface area contributed by atoms with Crippen LogP contribution in [0.4, 0.5) is 0 Å². The van der Waals surface area contributed by atoms with Crippen LogP contribution in [0.3, 0.4) is 0 Å². The Bertz CT molecular complexity index is 438. The fourth-order valence-corrected chi connectivity index (χ4v) is 1.82. The molecule has 1 atom stereocenters. The van der Waals surface area contributed by atoms with Gasteiger partial charge in [-0.3, -0.25) is 4.79 Å². The second-order valence-corrected chi connectivity index (χ2v) is 5.17. The first kappa shape index (κ1) is 11.0. The Labute approximate surface area is 95.5 Å². The molecule has 0 aliphatic heterocycles. The van der Waals surface area contributed by atoms with Gasteiger partial charge in [0.25, 0.3) is 5.91 Å². The minimum absolute atomic E-state index is 0.0935. The molecule has 2 rings (SSSR count). The highest BCUT2D eigenvalue weighted by Crippen LogP contribution is 2.44. The number of aromatic hydroxyl groups is 1. The topological polar surface area (TPSA) is 49.3 Å². The summed E-state index contributed by atoms with van der Waals surface area (Å²) in [6.45, 7) is 6.02. The van der Waals surface area contributed by atoms with Crippen LogP contribution in [0.1, 0.15) is 36.2 Å². The molecule has 1 aromatic carbocycles. The zero-order valence-corrected chi connectivity index (χ0v) is 9.87. The summed E-state index contributed by atoms with van der Waals surface area (Å²) in [5, 5.41) is 12.5. The van der Waals surface area contributed by atoms with Crippen molar-refractivity contribution in [1.29, 1.82) is 0 Å². The number of hydrogen-bond donors (Lipinski definition) is 2. The van der Waals surface area contributed by atoms with Gasteiger partial charge >= 0.3 is 0 Å². The second kappa shape index (κ2) is 3.51. The first-order chi connectivity index (χ1) is 7.42. The summed E-state index contributed by atoms with van der Waals surface area (Å²) < 4.78 is 0. The molecule has 86 valence electrons. The van der Waals surface area contributed by atoms with Crippen LogP contribution in [0.5, 0.6) is 5.75 Å². The molecule has 1 aliphatic carbocycles. The molecular formula is C13H17NO2. The summed E-state index contributed by atoms with van der Waals surface area (Å²) in [6, 6.07) is 5.28. The highest BCUT2D eigenvalue weighted by atomic mass is 16.3. The van der Waals surface area contributed by atoms with E-state index in [9.17, 15) is 9.90 Å². The molecule has 1 saturated carbocycles. The number of rotatable bonds is 2. The average Bonchev–Trinajstić information content (AvgIpc) is 2.78. The van der Waals surface area contributed by atoms with Crippen LogP contribution in [-0.4, -0.2) is 17.1 Å². The lowest BCUT2D eigenvalue weighted by molar-refractivity contribution is 0.0945. The molecule has 0 bridgehead atoms. The van der Waals surface area contributed by atoms with Gasteiger partial charge in [0.1, 0.15) is 5.75 Å². The first-order valence-corrected chi connectivity index (χ1v) is 5.51. The second-order valence-electron chi connectivity index (χ2n) is 5.17. The number of phenolic OH excluding ortho intramolecular Hbond substituents is 1. The van der Waals surface area contributed by atoms with E-state index in [4.69, 9.17) is 0 Å². The number of phenols is 1. The number of carbonyl (C=O) groups excluding carboxylic acids is 1. The standard InChI is InChI=1S/C13H17NO2/c1-8-9(5-4-6-10(8)15)12(16)14-11-7-13(11,2)3/h4-6,11,15H,7H2,1-3H3,(H,14,16). The van der Waals surface area contributed by atoms with Crippen LogP contribution in [0, 0.1) is 12.3 Å². The van der Waals surface area contributed by atoms with Gasteiger partial charge in [0.05, 0.1) is 0 Å². The first-order valence-electron chi connectivity index (χ1n) is 5.51. The van der Waals surface area contributed by atoms with Crippen LogP contribution in [0.2, 0.25) is 0 Å². The Hall–Kier alpha value is -1.51. The van der Waals surface area contributed by atoms with Crippen LogP contribution in [-0.2, 0) is 0 Å². The number of amides is 1. The van der Waals surface area contributed by atoms with E-state index in [1.54, 1.807) is 25.1 Å². The van der Waals surface area contributed by atoms with E-state index in [1.165, 1.54) is 0 Å². The Morgan fingerprint density at radius 2 is 2.12 bits per heavy atom. The third kappa shape index (κ3) is 1.90. The molecule has 1 unspecified atom stereocenters. The van der Waals surface area contributed by atoms with E-state index < -0.39 is 0 Å². The molecule has 0 spiro atoms. The molecule has 2 N–H and O–H groups in total. The highest BCUT2D eigenvalue weighted by Gasteiger charge is 2.46. The smallest absolute Gasteiger partial charge is 0.251 e. The lowest BCUT2D eigenvalue weighted by Gasteiger charge is -2.09. The Balaban J connectivity index is 2.13. The van der Waals surface area contributed by atoms with E-state index in [1.807, 2.05) is 0 Å². The van der Waals surface area contributed by atoms with Crippen molar-refractivity contribution < 1.29 is 9.90 Å². The molecule has 0 heterocycles. The van der Waals surface area contributed by atoms with Crippen LogP contribution >= 0.6 is 0 Å². The van der Waals surface area contributed by atoms with E-state index in [0.717, 1.165) is 6.42 Å². The van der Waals surface area contributed by atoms with Gasteiger partial charge in [-0.2, -0.15) is 0 Å². The van der Waals surface area contributed by atoms with Gasteiger partial charge in [0.15, 0.2) is 0 Å². The predicted octanol–water partition coefficient (Wildman–Crippen LogP) is 2.23. The fraction of sp³-hybridized carbons (Fsp3) is 0.462. The number of carbonyl (C=O) groups is 1. The fourth-order valence-electron chi connectivity index (χ4n) is 1.82. The number of nitrogens with one attached hydrogen (secondary N) is 1. The van der Waals surface area contributed by atoms with Gasteiger partial charge in [-0.1, -0.05) is 19.9 Å². The lowest BCUT2D eigenvalue weighted by Crippen LogP contribution is -2.28. The molecule has 0 aromatic heterocycles. The van der Waals surface area contributed by atoms with Crippen molar-refractivity contribution in [2.24, 2.45) is 5.41 Å². The minimum atomic E-state index is -0.0935. The van der Waals surface area contributed by atoms with Crippen LogP contribution in [0.25, 0.3) is 0 Å². The monoisotopic (exact) mass is 219 g/mol. The predicted molar refractivity (Wildman–Crippen MR) is 62.5 cm³/mol. The van der Waals surface area contributed by atoms with Crippen molar-refractivity contribution in [2.45, 2.75) is 33.2 Å². The molecule has 1 aromatic rings. The molecule has 1 fully saturated rings. The summed E-state index contributed by atoms with van der Waals surface area (Å²) in [5.74, 6) is 0.0756. The van der Waals surface area contributed by atoms with E-state index >= 15 is 0 Å². The normalized spacial score (nSPS) is 21.6. The lowest BCUT2D eigenvalue weighted by atomic mass is 10.1. The SMILES string of the molecule is Cc1c(O)cccc1C(=O)NC1CC1(C)C. The van der Waals surface area contributed by atoms with Gasteiger partial charge in [0, 0.05) is 17.2 Å². The molecule has 1 aliphatic rings. The van der Waals surface area contributed by atoms with Crippen LogP contribution in [0.15, 0.2) is 18.2 Å². The van der Waals surface area contributed by atoms with Crippen molar-refractivity contribution in [1.82, 2.24) is 5.32 Å².